The summed E-state index contributed by atoms with van der Waals surface area (Å²) in [6.45, 7) is 1.39. The number of aromatic nitrogens is 5. The molecule has 0 atom stereocenters. The number of halogens is 5. The highest BCUT2D eigenvalue weighted by atomic mass is 19.4. The summed E-state index contributed by atoms with van der Waals surface area (Å²) < 4.78 is 70.9. The van der Waals surface area contributed by atoms with Gasteiger partial charge in [0.05, 0.1) is 11.9 Å². The lowest BCUT2D eigenvalue weighted by atomic mass is 10.1. The van der Waals surface area contributed by atoms with Gasteiger partial charge in [-0.25, -0.2) is 18.7 Å². The summed E-state index contributed by atoms with van der Waals surface area (Å²) in [6, 6.07) is 5.66. The first-order valence-electron chi connectivity index (χ1n) is 8.39. The van der Waals surface area contributed by atoms with Gasteiger partial charge in [0.1, 0.15) is 22.9 Å². The van der Waals surface area contributed by atoms with E-state index in [0.717, 1.165) is 24.5 Å². The molecule has 0 radical (unpaired) electrons. The number of aryl methyl sites for hydroxylation is 1. The van der Waals surface area contributed by atoms with Crippen LogP contribution >= 0.6 is 0 Å². The molecule has 0 spiro atoms. The molecule has 152 valence electrons. The highest BCUT2D eigenvalue weighted by Crippen LogP contribution is 2.32. The Morgan fingerprint density at radius 3 is 2.33 bits per heavy atom. The van der Waals surface area contributed by atoms with Crippen LogP contribution in [0.1, 0.15) is 11.4 Å². The topological polar surface area (TPSA) is 77.6 Å². The molecule has 0 aliphatic carbocycles. The van der Waals surface area contributed by atoms with Crippen LogP contribution in [0.4, 0.5) is 22.0 Å². The molecule has 0 fully saturated rings. The molecule has 11 heteroatoms. The second-order valence-electron chi connectivity index (χ2n) is 6.17. The second-order valence-corrected chi connectivity index (χ2v) is 6.17. The highest BCUT2D eigenvalue weighted by Gasteiger charge is 2.32. The Labute approximate surface area is 165 Å². The second kappa shape index (κ2) is 7.25. The summed E-state index contributed by atoms with van der Waals surface area (Å²) in [5, 5.41) is 3.77. The van der Waals surface area contributed by atoms with E-state index in [1.54, 1.807) is 0 Å². The lowest BCUT2D eigenvalue weighted by molar-refractivity contribution is -0.141. The molecule has 6 nitrogen and oxygen atoms in total. The van der Waals surface area contributed by atoms with Crippen molar-refractivity contribution in [3.05, 3.63) is 65.7 Å². The van der Waals surface area contributed by atoms with Gasteiger partial charge in [0.25, 0.3) is 5.89 Å². The minimum atomic E-state index is -4.61. The summed E-state index contributed by atoms with van der Waals surface area (Å²) in [6.07, 6.45) is -2.70. The van der Waals surface area contributed by atoms with E-state index < -0.39 is 23.5 Å². The van der Waals surface area contributed by atoms with Crippen molar-refractivity contribution in [2.75, 3.05) is 0 Å². The first-order chi connectivity index (χ1) is 14.2. The van der Waals surface area contributed by atoms with Gasteiger partial charge < -0.3 is 4.52 Å². The Kier molecular flexibility index (Phi) is 4.72. The third-order valence-electron chi connectivity index (χ3n) is 4.09. The largest absolute Gasteiger partial charge is 0.433 e. The number of nitrogens with zero attached hydrogens (tertiary/aromatic N) is 5. The van der Waals surface area contributed by atoms with E-state index in [4.69, 9.17) is 4.52 Å². The van der Waals surface area contributed by atoms with Gasteiger partial charge in [-0.2, -0.15) is 18.2 Å². The van der Waals surface area contributed by atoms with Crippen molar-refractivity contribution in [2.24, 2.45) is 0 Å². The van der Waals surface area contributed by atoms with Crippen molar-refractivity contribution >= 4 is 0 Å². The van der Waals surface area contributed by atoms with Gasteiger partial charge in [-0.15, -0.1) is 0 Å². The minimum Gasteiger partial charge on any atom is -0.332 e. The van der Waals surface area contributed by atoms with Crippen molar-refractivity contribution in [2.45, 2.75) is 13.1 Å². The number of rotatable bonds is 3. The van der Waals surface area contributed by atoms with Crippen LogP contribution in [0.3, 0.4) is 0 Å². The van der Waals surface area contributed by atoms with Gasteiger partial charge in [0.2, 0.25) is 5.82 Å². The summed E-state index contributed by atoms with van der Waals surface area (Å²) in [7, 11) is 0. The molecule has 4 heterocycles. The molecular formula is C19H10F5N5O. The predicted octanol–water partition coefficient (Wildman–Crippen LogP) is 4.86. The SMILES string of the molecule is Cc1nc(-c2noc(-c3ccc(F)cn3)n2)cc(-c2ccc(C(F)(F)F)nc2)c1F. The quantitative estimate of drug-likeness (QED) is 0.442. The van der Waals surface area contributed by atoms with E-state index in [2.05, 4.69) is 25.1 Å². The van der Waals surface area contributed by atoms with E-state index in [1.165, 1.54) is 25.1 Å². The average Bonchev–Trinajstić information content (AvgIpc) is 3.20. The third kappa shape index (κ3) is 3.73. The van der Waals surface area contributed by atoms with Crippen molar-refractivity contribution in [1.82, 2.24) is 25.1 Å². The van der Waals surface area contributed by atoms with Crippen molar-refractivity contribution in [1.29, 1.82) is 0 Å². The average molecular weight is 419 g/mol. The molecule has 4 aromatic rings. The van der Waals surface area contributed by atoms with E-state index in [0.29, 0.717) is 0 Å². The molecule has 0 saturated carbocycles. The molecule has 0 N–H and O–H groups in total. The lowest BCUT2D eigenvalue weighted by Crippen LogP contribution is -2.07. The minimum absolute atomic E-state index is 0.000320. The van der Waals surface area contributed by atoms with E-state index in [-0.39, 0.29) is 39.9 Å². The fraction of sp³-hybridized carbons (Fsp3) is 0.105. The van der Waals surface area contributed by atoms with Crippen molar-refractivity contribution < 1.29 is 26.5 Å². The fourth-order valence-corrected chi connectivity index (χ4v) is 2.64. The van der Waals surface area contributed by atoms with Crippen LogP contribution in [-0.4, -0.2) is 25.1 Å². The van der Waals surface area contributed by atoms with E-state index in [9.17, 15) is 22.0 Å². The zero-order valence-corrected chi connectivity index (χ0v) is 15.1. The number of hydrogen-bond acceptors (Lipinski definition) is 6. The van der Waals surface area contributed by atoms with Crippen LogP contribution in [0.2, 0.25) is 0 Å². The van der Waals surface area contributed by atoms with Gasteiger partial charge in [0, 0.05) is 17.3 Å². The van der Waals surface area contributed by atoms with E-state index >= 15 is 0 Å². The normalized spacial score (nSPS) is 11.7. The van der Waals surface area contributed by atoms with Crippen LogP contribution in [0, 0.1) is 18.6 Å². The fourth-order valence-electron chi connectivity index (χ4n) is 2.64. The van der Waals surface area contributed by atoms with Gasteiger partial charge in [-0.3, -0.25) is 4.98 Å². The van der Waals surface area contributed by atoms with Crippen molar-refractivity contribution in [3.8, 4) is 34.2 Å². The molecule has 0 saturated heterocycles. The van der Waals surface area contributed by atoms with Gasteiger partial charge in [-0.1, -0.05) is 11.2 Å². The number of alkyl halides is 3. The van der Waals surface area contributed by atoms with Crippen LogP contribution in [0.5, 0.6) is 0 Å². The Bertz CT molecular complexity index is 1200. The Hall–Kier alpha value is -3.76. The molecule has 4 rings (SSSR count). The van der Waals surface area contributed by atoms with Crippen LogP contribution in [-0.2, 0) is 6.18 Å². The first kappa shape index (κ1) is 19.6. The molecule has 0 aliphatic rings. The molecule has 0 aromatic carbocycles. The van der Waals surface area contributed by atoms with Crippen LogP contribution < -0.4 is 0 Å². The van der Waals surface area contributed by atoms with E-state index in [1.807, 2.05) is 0 Å². The van der Waals surface area contributed by atoms with Gasteiger partial charge in [-0.05, 0) is 31.2 Å². The predicted molar refractivity (Wildman–Crippen MR) is 93.6 cm³/mol. The van der Waals surface area contributed by atoms with Gasteiger partial charge in [0.15, 0.2) is 5.82 Å². The third-order valence-corrected chi connectivity index (χ3v) is 4.09. The molecule has 0 amide bonds. The molecule has 0 unspecified atom stereocenters. The molecular weight excluding hydrogens is 409 g/mol. The summed E-state index contributed by atoms with van der Waals surface area (Å²) >= 11 is 0. The standard InChI is InChI=1S/C19H10F5N5O/c1-9-16(21)12(10-2-5-15(26-7-10)19(22,23)24)6-14(27-9)17-28-18(30-29-17)13-4-3-11(20)8-25-13/h2-8H,1H3. The number of pyridine rings is 3. The maximum absolute atomic E-state index is 14.6. The maximum Gasteiger partial charge on any atom is 0.433 e. The molecule has 30 heavy (non-hydrogen) atoms. The van der Waals surface area contributed by atoms with Crippen LogP contribution in [0.15, 0.2) is 47.2 Å². The first-order valence-corrected chi connectivity index (χ1v) is 8.39. The Morgan fingerprint density at radius 2 is 1.70 bits per heavy atom. The lowest BCUT2D eigenvalue weighted by Gasteiger charge is -2.09. The maximum atomic E-state index is 14.6. The monoisotopic (exact) mass is 419 g/mol. The Morgan fingerprint density at radius 1 is 0.900 bits per heavy atom. The Balaban J connectivity index is 1.73. The summed E-state index contributed by atoms with van der Waals surface area (Å²) in [5.41, 5.74) is -0.663. The van der Waals surface area contributed by atoms with Crippen LogP contribution in [0.25, 0.3) is 34.2 Å². The molecule has 0 aliphatic heterocycles. The van der Waals surface area contributed by atoms with Crippen molar-refractivity contribution in [3.63, 3.8) is 0 Å². The smallest absolute Gasteiger partial charge is 0.332 e. The summed E-state index contributed by atoms with van der Waals surface area (Å²) in [4.78, 5) is 15.4. The molecule has 0 bridgehead atoms. The number of hydrogen-bond donors (Lipinski definition) is 0. The zero-order chi connectivity index (χ0) is 21.5. The summed E-state index contributed by atoms with van der Waals surface area (Å²) in [5.74, 6) is -1.26. The van der Waals surface area contributed by atoms with Gasteiger partial charge >= 0.3 is 6.18 Å². The zero-order valence-electron chi connectivity index (χ0n) is 15.1. The molecule has 4 aromatic heterocycles. The highest BCUT2D eigenvalue weighted by molar-refractivity contribution is 5.69.